The number of rotatable bonds is 9. The quantitative estimate of drug-likeness (QED) is 0.284. The van der Waals surface area contributed by atoms with Crippen molar-refractivity contribution in [3.8, 4) is 22.6 Å². The van der Waals surface area contributed by atoms with Crippen molar-refractivity contribution in [2.75, 3.05) is 31.3 Å². The van der Waals surface area contributed by atoms with E-state index >= 15 is 0 Å². The molecule has 4 aromatic rings. The molecular formula is C26H28FN7O4S. The molecule has 11 nitrogen and oxygen atoms in total. The molecule has 13 heteroatoms. The van der Waals surface area contributed by atoms with Gasteiger partial charge in [0.2, 0.25) is 22.3 Å². The molecule has 39 heavy (non-hydrogen) atoms. The molecule has 3 N–H and O–H groups in total. The second kappa shape index (κ2) is 11.1. The summed E-state index contributed by atoms with van der Waals surface area (Å²) in [5, 5.41) is 3.21. The minimum absolute atomic E-state index is 0.180. The Kier molecular flexibility index (Phi) is 7.66. The van der Waals surface area contributed by atoms with Crippen LogP contribution >= 0.6 is 0 Å². The number of benzene rings is 1. The molecule has 1 aromatic carbocycles. The largest absolute Gasteiger partial charge is 0.350 e. The minimum Gasteiger partial charge on any atom is -0.350 e. The number of pyridine rings is 1. The van der Waals surface area contributed by atoms with Crippen molar-refractivity contribution in [2.24, 2.45) is 5.41 Å². The van der Waals surface area contributed by atoms with E-state index in [9.17, 15) is 12.8 Å². The standard InChI is InChI=1S/C26H28FN7O4S/c1-26(14-31-39(2,35)36)15-37-24(38-16-26)23-33-21(18-3-5-19(27)6-4-18)22(34-23)20-9-12-29-25(32-20)30-13-17-7-10-28-11-8-17/h3-12,24,31H,13-16H2,1-2H3,(H,33,34)(H,29,30,32). The molecule has 0 amide bonds. The predicted octanol–water partition coefficient (Wildman–Crippen LogP) is 3.28. The van der Waals surface area contributed by atoms with Crippen molar-refractivity contribution in [3.63, 3.8) is 0 Å². The number of imidazole rings is 1. The number of H-pyrrole nitrogens is 1. The molecule has 204 valence electrons. The molecule has 1 saturated heterocycles. The molecule has 3 aromatic heterocycles. The van der Waals surface area contributed by atoms with Crippen LogP contribution in [-0.2, 0) is 26.0 Å². The number of ether oxygens (including phenoxy) is 2. The summed E-state index contributed by atoms with van der Waals surface area (Å²) in [6.07, 6.45) is 5.37. The first kappa shape index (κ1) is 26.8. The fraction of sp³-hybridized carbons (Fsp3) is 0.308. The van der Waals surface area contributed by atoms with Gasteiger partial charge in [0.05, 0.1) is 36.6 Å². The summed E-state index contributed by atoms with van der Waals surface area (Å²) in [4.78, 5) is 21.0. The van der Waals surface area contributed by atoms with E-state index in [0.29, 0.717) is 41.0 Å². The van der Waals surface area contributed by atoms with Gasteiger partial charge < -0.3 is 19.8 Å². The normalized spacial score (nSPS) is 19.6. The van der Waals surface area contributed by atoms with Gasteiger partial charge >= 0.3 is 0 Å². The first-order valence-corrected chi connectivity index (χ1v) is 14.1. The van der Waals surface area contributed by atoms with Crippen LogP contribution in [0.2, 0.25) is 0 Å². The lowest BCUT2D eigenvalue weighted by Crippen LogP contribution is -2.45. The second-order valence-corrected chi connectivity index (χ2v) is 11.5. The Labute approximate surface area is 225 Å². The summed E-state index contributed by atoms with van der Waals surface area (Å²) in [5.41, 5.74) is 2.86. The third kappa shape index (κ3) is 6.81. The number of hydrogen-bond donors (Lipinski definition) is 3. The van der Waals surface area contributed by atoms with Crippen LogP contribution in [0.25, 0.3) is 22.6 Å². The van der Waals surface area contributed by atoms with E-state index in [1.165, 1.54) is 12.1 Å². The third-order valence-electron chi connectivity index (χ3n) is 6.10. The number of nitrogens with one attached hydrogen (secondary N) is 3. The highest BCUT2D eigenvalue weighted by Crippen LogP contribution is 2.35. The van der Waals surface area contributed by atoms with E-state index in [1.807, 2.05) is 19.1 Å². The maximum Gasteiger partial charge on any atom is 0.223 e. The van der Waals surface area contributed by atoms with Crippen molar-refractivity contribution < 1.29 is 22.3 Å². The van der Waals surface area contributed by atoms with Crippen molar-refractivity contribution in [1.29, 1.82) is 0 Å². The molecule has 0 bridgehead atoms. The fourth-order valence-electron chi connectivity index (χ4n) is 3.98. The summed E-state index contributed by atoms with van der Waals surface area (Å²) in [6.45, 7) is 3.07. The number of anilines is 1. The van der Waals surface area contributed by atoms with Crippen LogP contribution < -0.4 is 10.0 Å². The number of hydrogen-bond acceptors (Lipinski definition) is 9. The van der Waals surface area contributed by atoms with Crippen LogP contribution in [0.3, 0.4) is 0 Å². The van der Waals surface area contributed by atoms with Gasteiger partial charge in [0.15, 0.2) is 5.82 Å². The summed E-state index contributed by atoms with van der Waals surface area (Å²) < 4.78 is 51.1. The Morgan fingerprint density at radius 3 is 2.46 bits per heavy atom. The Hall–Kier alpha value is -3.78. The lowest BCUT2D eigenvalue weighted by Gasteiger charge is -2.36. The van der Waals surface area contributed by atoms with Gasteiger partial charge in [-0.25, -0.2) is 32.5 Å². The van der Waals surface area contributed by atoms with Crippen molar-refractivity contribution >= 4 is 16.0 Å². The van der Waals surface area contributed by atoms with E-state index in [0.717, 1.165) is 11.8 Å². The average Bonchev–Trinajstić information content (AvgIpc) is 3.38. The van der Waals surface area contributed by atoms with Crippen LogP contribution in [-0.4, -0.2) is 59.4 Å². The van der Waals surface area contributed by atoms with Crippen molar-refractivity contribution in [3.05, 3.63) is 78.3 Å². The fourth-order valence-corrected chi connectivity index (χ4v) is 4.59. The van der Waals surface area contributed by atoms with Crippen LogP contribution in [0, 0.1) is 11.2 Å². The number of sulfonamides is 1. The Balaban J connectivity index is 1.40. The first-order chi connectivity index (χ1) is 18.7. The monoisotopic (exact) mass is 553 g/mol. The van der Waals surface area contributed by atoms with E-state index in [-0.39, 0.29) is 25.6 Å². The molecule has 0 radical (unpaired) electrons. The highest BCUT2D eigenvalue weighted by Gasteiger charge is 2.35. The second-order valence-electron chi connectivity index (χ2n) is 9.68. The Bertz CT molecular complexity index is 1520. The molecule has 0 unspecified atom stereocenters. The minimum atomic E-state index is -3.34. The molecule has 1 aliphatic rings. The van der Waals surface area contributed by atoms with E-state index < -0.39 is 21.7 Å². The van der Waals surface area contributed by atoms with Gasteiger partial charge in [0.1, 0.15) is 5.82 Å². The van der Waals surface area contributed by atoms with Crippen LogP contribution in [0.15, 0.2) is 61.1 Å². The number of aromatic nitrogens is 5. The van der Waals surface area contributed by atoms with Gasteiger partial charge in [-0.2, -0.15) is 0 Å². The van der Waals surface area contributed by atoms with Crippen molar-refractivity contribution in [1.82, 2.24) is 29.6 Å². The number of aromatic amines is 1. The Morgan fingerprint density at radius 2 is 1.77 bits per heavy atom. The molecule has 0 spiro atoms. The smallest absolute Gasteiger partial charge is 0.223 e. The van der Waals surface area contributed by atoms with E-state index in [1.54, 1.807) is 36.8 Å². The van der Waals surface area contributed by atoms with Crippen molar-refractivity contribution in [2.45, 2.75) is 19.8 Å². The molecule has 4 heterocycles. The summed E-state index contributed by atoms with van der Waals surface area (Å²) in [5.74, 6) is 0.471. The lowest BCUT2D eigenvalue weighted by molar-refractivity contribution is -0.231. The molecule has 1 fully saturated rings. The molecule has 0 saturated carbocycles. The topological polar surface area (TPSA) is 144 Å². The number of nitrogens with zero attached hydrogens (tertiary/aromatic N) is 4. The van der Waals surface area contributed by atoms with E-state index in [4.69, 9.17) is 14.5 Å². The summed E-state index contributed by atoms with van der Waals surface area (Å²) >= 11 is 0. The van der Waals surface area contributed by atoms with Crippen LogP contribution in [0.1, 0.15) is 24.6 Å². The van der Waals surface area contributed by atoms with Crippen LogP contribution in [0.5, 0.6) is 0 Å². The number of halogens is 1. The summed E-state index contributed by atoms with van der Waals surface area (Å²) in [7, 11) is -3.34. The van der Waals surface area contributed by atoms with Gasteiger partial charge in [0.25, 0.3) is 0 Å². The van der Waals surface area contributed by atoms with Gasteiger partial charge in [-0.05, 0) is 48.0 Å². The van der Waals surface area contributed by atoms with Gasteiger partial charge in [-0.3, -0.25) is 4.98 Å². The molecule has 0 atom stereocenters. The zero-order valence-corrected chi connectivity index (χ0v) is 22.2. The van der Waals surface area contributed by atoms with Gasteiger partial charge in [-0.1, -0.05) is 6.92 Å². The highest BCUT2D eigenvalue weighted by atomic mass is 32.2. The third-order valence-corrected chi connectivity index (χ3v) is 6.77. The van der Waals surface area contributed by atoms with E-state index in [2.05, 4.69) is 30.0 Å². The summed E-state index contributed by atoms with van der Waals surface area (Å²) in [6, 6.07) is 11.6. The Morgan fingerprint density at radius 1 is 1.05 bits per heavy atom. The molecular weight excluding hydrogens is 525 g/mol. The zero-order valence-electron chi connectivity index (χ0n) is 21.4. The molecule has 0 aliphatic carbocycles. The SMILES string of the molecule is CC1(CNS(C)(=O)=O)COC(c2nc(-c3ccc(F)cc3)c(-c3ccnc(NCc4ccncc4)n3)[nH]2)OC1. The van der Waals surface area contributed by atoms with Gasteiger partial charge in [-0.15, -0.1) is 0 Å². The lowest BCUT2D eigenvalue weighted by atomic mass is 9.92. The predicted molar refractivity (Wildman–Crippen MR) is 142 cm³/mol. The maximum atomic E-state index is 13.7. The zero-order chi connectivity index (χ0) is 27.5. The first-order valence-electron chi connectivity index (χ1n) is 12.2. The average molecular weight is 554 g/mol. The highest BCUT2D eigenvalue weighted by molar-refractivity contribution is 7.88. The van der Waals surface area contributed by atoms with Crippen LogP contribution in [0.4, 0.5) is 10.3 Å². The maximum absolute atomic E-state index is 13.7. The molecule has 1 aliphatic heterocycles. The molecule has 5 rings (SSSR count). The van der Waals surface area contributed by atoms with Gasteiger partial charge in [0, 0.05) is 42.7 Å².